The zero-order chi connectivity index (χ0) is 21.4. The molecule has 1 aromatic carbocycles. The first-order valence-corrected chi connectivity index (χ1v) is 10.3. The third-order valence-corrected chi connectivity index (χ3v) is 4.72. The molecule has 0 bridgehead atoms. The van der Waals surface area contributed by atoms with Crippen LogP contribution in [0.3, 0.4) is 0 Å². The van der Waals surface area contributed by atoms with E-state index < -0.39 is 11.6 Å². The summed E-state index contributed by atoms with van der Waals surface area (Å²) in [5, 5.41) is 17.5. The molecule has 7 heteroatoms. The summed E-state index contributed by atoms with van der Waals surface area (Å²) in [6, 6.07) is 5.09. The van der Waals surface area contributed by atoms with Gasteiger partial charge in [0.05, 0.1) is 11.1 Å². The second-order valence-electron chi connectivity index (χ2n) is 8.40. The van der Waals surface area contributed by atoms with Gasteiger partial charge < -0.3 is 15.2 Å². The van der Waals surface area contributed by atoms with Crippen molar-refractivity contribution in [3.05, 3.63) is 29.5 Å². The molecule has 29 heavy (non-hydrogen) atoms. The van der Waals surface area contributed by atoms with Crippen molar-refractivity contribution in [1.29, 1.82) is 0 Å². The van der Waals surface area contributed by atoms with Crippen molar-refractivity contribution in [2.75, 3.05) is 6.54 Å². The molecule has 0 saturated carbocycles. The number of carboxylic acid groups (broad SMARTS) is 1. The van der Waals surface area contributed by atoms with Crippen LogP contribution in [-0.2, 0) is 11.3 Å². The van der Waals surface area contributed by atoms with Crippen LogP contribution in [0.25, 0.3) is 10.9 Å². The average Bonchev–Trinajstić information content (AvgIpc) is 2.94. The fourth-order valence-corrected chi connectivity index (χ4v) is 3.21. The number of fused-ring (bicyclic) bond motifs is 1. The molecule has 0 unspecified atom stereocenters. The highest BCUT2D eigenvalue weighted by Gasteiger charge is 2.15. The first kappa shape index (κ1) is 22.7. The number of alkyl carbamates (subject to hydrolysis) is 1. The second kappa shape index (κ2) is 10.3. The number of aromatic carboxylic acids is 1. The van der Waals surface area contributed by atoms with Crippen LogP contribution in [0.15, 0.2) is 18.2 Å². The summed E-state index contributed by atoms with van der Waals surface area (Å²) < 4.78 is 7.17. The summed E-state index contributed by atoms with van der Waals surface area (Å²) in [6.07, 6.45) is 6.13. The number of nitrogens with one attached hydrogen (secondary N) is 1. The monoisotopic (exact) mass is 403 g/mol. The zero-order valence-electron chi connectivity index (χ0n) is 18.0. The van der Waals surface area contributed by atoms with Crippen LogP contribution >= 0.6 is 0 Å². The summed E-state index contributed by atoms with van der Waals surface area (Å²) >= 11 is 0. The summed E-state index contributed by atoms with van der Waals surface area (Å²) in [5.74, 6) is -0.930. The van der Waals surface area contributed by atoms with Crippen molar-refractivity contribution in [2.24, 2.45) is 0 Å². The molecule has 2 N–H and O–H groups in total. The highest BCUT2D eigenvalue weighted by Crippen LogP contribution is 2.20. The van der Waals surface area contributed by atoms with E-state index in [0.29, 0.717) is 6.54 Å². The predicted molar refractivity (Wildman–Crippen MR) is 113 cm³/mol. The van der Waals surface area contributed by atoms with Crippen molar-refractivity contribution < 1.29 is 19.4 Å². The van der Waals surface area contributed by atoms with Gasteiger partial charge >= 0.3 is 12.1 Å². The third-order valence-electron chi connectivity index (χ3n) is 4.72. The van der Waals surface area contributed by atoms with Gasteiger partial charge in [-0.15, -0.1) is 0 Å². The summed E-state index contributed by atoms with van der Waals surface area (Å²) in [5.41, 5.74) is 1.62. The molecule has 1 heterocycles. The van der Waals surface area contributed by atoms with E-state index >= 15 is 0 Å². The number of carbonyl (C=O) groups is 2. The van der Waals surface area contributed by atoms with Gasteiger partial charge in [-0.3, -0.25) is 4.68 Å². The Kier molecular flexibility index (Phi) is 8.05. The van der Waals surface area contributed by atoms with E-state index in [9.17, 15) is 9.59 Å². The Bertz CT molecular complexity index is 836. The van der Waals surface area contributed by atoms with E-state index in [0.717, 1.165) is 61.7 Å². The Balaban J connectivity index is 1.62. The number of carboxylic acids is 1. The summed E-state index contributed by atoms with van der Waals surface area (Å²) in [7, 11) is 0. The first-order chi connectivity index (χ1) is 13.7. The minimum atomic E-state index is -0.930. The lowest BCUT2D eigenvalue weighted by Crippen LogP contribution is -2.32. The normalized spacial score (nSPS) is 11.6. The molecule has 0 spiro atoms. The van der Waals surface area contributed by atoms with Gasteiger partial charge in [-0.05, 0) is 52.7 Å². The Morgan fingerprint density at radius 1 is 1.10 bits per heavy atom. The van der Waals surface area contributed by atoms with E-state index in [2.05, 4.69) is 10.4 Å². The molecule has 1 aromatic heterocycles. The average molecular weight is 404 g/mol. The van der Waals surface area contributed by atoms with Crippen molar-refractivity contribution in [2.45, 2.75) is 78.4 Å². The van der Waals surface area contributed by atoms with Crippen molar-refractivity contribution in [3.8, 4) is 0 Å². The lowest BCUT2D eigenvalue weighted by molar-refractivity contribution is 0.0526. The maximum Gasteiger partial charge on any atom is 0.407 e. The van der Waals surface area contributed by atoms with E-state index in [1.165, 1.54) is 0 Å². The van der Waals surface area contributed by atoms with Crippen molar-refractivity contribution >= 4 is 23.0 Å². The van der Waals surface area contributed by atoms with Crippen LogP contribution in [0.2, 0.25) is 0 Å². The first-order valence-electron chi connectivity index (χ1n) is 10.3. The molecule has 0 radical (unpaired) electrons. The number of amides is 1. The molecular formula is C22H33N3O4. The number of aromatic nitrogens is 2. The topological polar surface area (TPSA) is 93.5 Å². The van der Waals surface area contributed by atoms with Crippen LogP contribution in [0.5, 0.6) is 0 Å². The molecule has 1 amide bonds. The number of hydrogen-bond acceptors (Lipinski definition) is 4. The highest BCUT2D eigenvalue weighted by molar-refractivity contribution is 5.93. The zero-order valence-corrected chi connectivity index (χ0v) is 18.0. The minimum Gasteiger partial charge on any atom is -0.478 e. The molecule has 7 nitrogen and oxygen atoms in total. The number of carbonyl (C=O) groups excluding carboxylic acids is 1. The van der Waals surface area contributed by atoms with Crippen molar-refractivity contribution in [3.63, 3.8) is 0 Å². The lowest BCUT2D eigenvalue weighted by Gasteiger charge is -2.19. The maximum absolute atomic E-state index is 11.5. The van der Waals surface area contributed by atoms with E-state index in [1.807, 2.05) is 38.4 Å². The van der Waals surface area contributed by atoms with Crippen LogP contribution in [0.4, 0.5) is 4.79 Å². The van der Waals surface area contributed by atoms with Gasteiger partial charge in [0.25, 0.3) is 0 Å². The molecule has 2 rings (SSSR count). The number of unbranched alkanes of at least 4 members (excludes halogenated alkanes) is 5. The summed E-state index contributed by atoms with van der Waals surface area (Å²) in [6.45, 7) is 9.07. The number of benzene rings is 1. The molecule has 0 saturated heterocycles. The molecular weight excluding hydrogens is 370 g/mol. The van der Waals surface area contributed by atoms with Crippen LogP contribution in [-0.4, -0.2) is 39.1 Å². The van der Waals surface area contributed by atoms with E-state index in [1.54, 1.807) is 12.1 Å². The quantitative estimate of drug-likeness (QED) is 0.550. The molecule has 0 fully saturated rings. The van der Waals surface area contributed by atoms with Gasteiger partial charge in [0.15, 0.2) is 0 Å². The lowest BCUT2D eigenvalue weighted by atomic mass is 10.1. The number of rotatable bonds is 10. The van der Waals surface area contributed by atoms with Crippen LogP contribution in [0.1, 0.15) is 75.3 Å². The summed E-state index contributed by atoms with van der Waals surface area (Å²) in [4.78, 5) is 22.6. The van der Waals surface area contributed by atoms with Gasteiger partial charge in [-0.25, -0.2) is 9.59 Å². The molecule has 0 aliphatic carbocycles. The second-order valence-corrected chi connectivity index (χ2v) is 8.40. The van der Waals surface area contributed by atoms with Gasteiger partial charge in [0.1, 0.15) is 5.60 Å². The Labute approximate surface area is 172 Å². The van der Waals surface area contributed by atoms with Gasteiger partial charge in [-0.2, -0.15) is 5.10 Å². The van der Waals surface area contributed by atoms with Crippen molar-refractivity contribution in [1.82, 2.24) is 15.1 Å². The fourth-order valence-electron chi connectivity index (χ4n) is 3.21. The number of aryl methyl sites for hydroxylation is 2. The molecule has 0 aliphatic rings. The van der Waals surface area contributed by atoms with E-state index in [4.69, 9.17) is 9.84 Å². The molecule has 2 aromatic rings. The molecule has 0 aliphatic heterocycles. The van der Waals surface area contributed by atoms with Crippen LogP contribution < -0.4 is 5.32 Å². The number of nitrogens with zero attached hydrogens (tertiary/aromatic N) is 2. The Morgan fingerprint density at radius 2 is 1.76 bits per heavy atom. The largest absolute Gasteiger partial charge is 0.478 e. The smallest absolute Gasteiger partial charge is 0.407 e. The standard InChI is InChI=1S/C22H33N3O4/c1-16-18-12-11-17(20(26)27)15-19(18)24-25(16)14-10-8-6-5-7-9-13-23-21(28)29-22(2,3)4/h11-12,15H,5-10,13-14H2,1-4H3,(H,23,28)(H,26,27). The Morgan fingerprint density at radius 3 is 2.41 bits per heavy atom. The minimum absolute atomic E-state index is 0.267. The number of ether oxygens (including phenoxy) is 1. The maximum atomic E-state index is 11.5. The molecule has 160 valence electrons. The van der Waals surface area contributed by atoms with Crippen LogP contribution in [0, 0.1) is 6.92 Å². The SMILES string of the molecule is Cc1c2ccc(C(=O)O)cc2nn1CCCCCCCCNC(=O)OC(C)(C)C. The van der Waals surface area contributed by atoms with Gasteiger partial charge in [0.2, 0.25) is 0 Å². The van der Waals surface area contributed by atoms with Gasteiger partial charge in [-0.1, -0.05) is 31.7 Å². The molecule has 0 atom stereocenters. The van der Waals surface area contributed by atoms with E-state index in [-0.39, 0.29) is 11.7 Å². The predicted octanol–water partition coefficient (Wildman–Crippen LogP) is 4.91. The fraction of sp³-hybridized carbons (Fsp3) is 0.591. The van der Waals surface area contributed by atoms with Gasteiger partial charge in [0, 0.05) is 24.2 Å². The number of hydrogen-bond donors (Lipinski definition) is 2. The third kappa shape index (κ3) is 7.40. The highest BCUT2D eigenvalue weighted by atomic mass is 16.6. The Hall–Kier alpha value is -2.57.